The number of ether oxygens (including phenoxy) is 1. The number of carbonyl (C=O) groups is 4. The fraction of sp³-hybridized carbons (Fsp3) is 0.804. The van der Waals surface area contributed by atoms with E-state index in [1.165, 1.54) is 109 Å². The van der Waals surface area contributed by atoms with Crippen molar-refractivity contribution < 1.29 is 44.3 Å². The van der Waals surface area contributed by atoms with Crippen molar-refractivity contribution in [3.63, 3.8) is 0 Å². The van der Waals surface area contributed by atoms with Gasteiger partial charge in [-0.25, -0.2) is 0 Å². The van der Waals surface area contributed by atoms with Gasteiger partial charge in [0.1, 0.15) is 30.4 Å². The van der Waals surface area contributed by atoms with Crippen LogP contribution in [0.25, 0.3) is 0 Å². The SMILES string of the molecule is CCCCCCCCCCCCCCCCCCN(C(=O)CCCCCCCCCCC)[C@@H]1O[C@H](CO)[C@@H](O)[C@H](O)[C@H]1NC(=O)[C@H](Cc1ccccc1)NC(=O)CCCCC(=O)O. The molecule has 6 N–H and O–H groups in total. The lowest BCUT2D eigenvalue weighted by Crippen LogP contribution is -2.70. The number of hydrogen-bond acceptors (Lipinski definition) is 8. The van der Waals surface area contributed by atoms with E-state index in [2.05, 4.69) is 24.5 Å². The van der Waals surface area contributed by atoms with Crippen LogP contribution in [0.3, 0.4) is 0 Å². The van der Waals surface area contributed by atoms with Crippen LogP contribution in [0, 0.1) is 0 Å². The zero-order valence-corrected chi connectivity index (χ0v) is 39.5. The van der Waals surface area contributed by atoms with Crippen LogP contribution < -0.4 is 10.6 Å². The van der Waals surface area contributed by atoms with Gasteiger partial charge in [0.05, 0.1) is 6.61 Å². The molecule has 1 fully saturated rings. The van der Waals surface area contributed by atoms with Crippen molar-refractivity contribution in [1.82, 2.24) is 15.5 Å². The van der Waals surface area contributed by atoms with Crippen molar-refractivity contribution in [2.75, 3.05) is 13.2 Å². The average Bonchev–Trinajstić information content (AvgIpc) is 3.27. The fourth-order valence-electron chi connectivity index (χ4n) is 8.63. The number of benzene rings is 1. The van der Waals surface area contributed by atoms with Crippen LogP contribution in [0.15, 0.2) is 30.3 Å². The molecule has 0 aromatic heterocycles. The number of nitrogens with zero attached hydrogens (tertiary/aromatic N) is 1. The molecule has 63 heavy (non-hydrogen) atoms. The van der Waals surface area contributed by atoms with E-state index in [0.717, 1.165) is 44.1 Å². The highest BCUT2D eigenvalue weighted by Gasteiger charge is 2.48. The van der Waals surface area contributed by atoms with Crippen molar-refractivity contribution in [3.05, 3.63) is 35.9 Å². The Morgan fingerprint density at radius 1 is 0.619 bits per heavy atom. The predicted molar refractivity (Wildman–Crippen MR) is 251 cm³/mol. The molecule has 3 amide bonds. The first kappa shape index (κ1) is 56.1. The largest absolute Gasteiger partial charge is 0.481 e. The zero-order valence-electron chi connectivity index (χ0n) is 39.5. The van der Waals surface area contributed by atoms with E-state index in [1.54, 1.807) is 4.90 Å². The maximum absolute atomic E-state index is 14.2. The number of aliphatic hydroxyl groups excluding tert-OH is 3. The van der Waals surface area contributed by atoms with Crippen LogP contribution in [0.2, 0.25) is 0 Å². The third kappa shape index (κ3) is 25.3. The Morgan fingerprint density at radius 3 is 1.57 bits per heavy atom. The molecule has 0 radical (unpaired) electrons. The second-order valence-electron chi connectivity index (χ2n) is 18.1. The lowest BCUT2D eigenvalue weighted by molar-refractivity contribution is -0.231. The Kier molecular flexibility index (Phi) is 32.2. The fourth-order valence-corrected chi connectivity index (χ4v) is 8.63. The molecule has 2 rings (SSSR count). The molecule has 1 aliphatic rings. The van der Waals surface area contributed by atoms with Gasteiger partial charge < -0.3 is 40.7 Å². The highest BCUT2D eigenvalue weighted by molar-refractivity contribution is 5.88. The Balaban J connectivity index is 2.12. The number of carbonyl (C=O) groups excluding carboxylic acids is 3. The molecule has 0 unspecified atom stereocenters. The van der Waals surface area contributed by atoms with Crippen LogP contribution in [0.5, 0.6) is 0 Å². The highest BCUT2D eigenvalue weighted by atomic mass is 16.5. The number of rotatable bonds is 39. The first-order valence-electron chi connectivity index (χ1n) is 25.4. The Bertz CT molecular complexity index is 1330. The maximum Gasteiger partial charge on any atom is 0.303 e. The van der Waals surface area contributed by atoms with Crippen molar-refractivity contribution in [2.45, 2.75) is 250 Å². The number of carboxylic acids is 1. The second-order valence-corrected chi connectivity index (χ2v) is 18.1. The van der Waals surface area contributed by atoms with Gasteiger partial charge in [0, 0.05) is 32.2 Å². The van der Waals surface area contributed by atoms with Crippen LogP contribution in [0.4, 0.5) is 0 Å². The third-order valence-corrected chi connectivity index (χ3v) is 12.6. The molecular formula is C51H89N3O9. The van der Waals surface area contributed by atoms with Crippen LogP contribution in [0.1, 0.15) is 212 Å². The number of carboxylic acid groups (broad SMARTS) is 1. The summed E-state index contributed by atoms with van der Waals surface area (Å²) in [5.41, 5.74) is 0.780. The standard InChI is InChI=1S/C51H89N3O9/c1-3-5-7-9-11-13-14-15-16-17-18-19-21-23-25-32-38-54(45(57)36-29-24-22-20-12-10-8-6-4-2)51-47(49(61)48(60)43(40-55)63-51)53-50(62)42(39-41-33-27-26-28-34-41)52-44(56)35-30-31-37-46(58)59/h26-28,33-34,42-43,47-49,51,55,60-61H,3-25,29-32,35-40H2,1-2H3,(H,52,56)(H,53,62)(H,58,59)/t42-,43+,47+,48+,49+,51+/m0/s1. The van der Waals surface area contributed by atoms with Gasteiger partial charge in [-0.05, 0) is 31.2 Å². The first-order chi connectivity index (χ1) is 30.6. The minimum atomic E-state index is -1.58. The van der Waals surface area contributed by atoms with Crippen LogP contribution in [-0.4, -0.2) is 98.8 Å². The van der Waals surface area contributed by atoms with E-state index in [1.807, 2.05) is 30.3 Å². The van der Waals surface area contributed by atoms with E-state index in [-0.39, 0.29) is 31.6 Å². The summed E-state index contributed by atoms with van der Waals surface area (Å²) in [7, 11) is 0. The van der Waals surface area contributed by atoms with E-state index in [0.29, 0.717) is 32.2 Å². The van der Waals surface area contributed by atoms with Crippen LogP contribution >= 0.6 is 0 Å². The van der Waals surface area contributed by atoms with Gasteiger partial charge in [-0.1, -0.05) is 192 Å². The summed E-state index contributed by atoms with van der Waals surface area (Å²) in [6.07, 6.45) is 25.0. The molecule has 0 bridgehead atoms. The quantitative estimate of drug-likeness (QED) is 0.0351. The van der Waals surface area contributed by atoms with E-state index in [4.69, 9.17) is 9.84 Å². The van der Waals surface area contributed by atoms with Crippen molar-refractivity contribution in [1.29, 1.82) is 0 Å². The highest BCUT2D eigenvalue weighted by Crippen LogP contribution is 2.26. The summed E-state index contributed by atoms with van der Waals surface area (Å²) in [6.45, 7) is 4.20. The summed E-state index contributed by atoms with van der Waals surface area (Å²) in [5.74, 6) is -2.16. The van der Waals surface area contributed by atoms with Gasteiger partial charge in [-0.3, -0.25) is 19.2 Å². The molecule has 12 nitrogen and oxygen atoms in total. The van der Waals surface area contributed by atoms with E-state index >= 15 is 0 Å². The second kappa shape index (κ2) is 36.2. The molecule has 1 heterocycles. The normalized spacial score (nSPS) is 19.1. The molecule has 1 aromatic carbocycles. The summed E-state index contributed by atoms with van der Waals surface area (Å²) in [5, 5.41) is 47.5. The maximum atomic E-state index is 14.2. The third-order valence-electron chi connectivity index (χ3n) is 12.6. The topological polar surface area (TPSA) is 186 Å². The summed E-state index contributed by atoms with van der Waals surface area (Å²) < 4.78 is 6.25. The predicted octanol–water partition coefficient (Wildman–Crippen LogP) is 9.29. The molecule has 12 heteroatoms. The smallest absolute Gasteiger partial charge is 0.303 e. The summed E-state index contributed by atoms with van der Waals surface area (Å²) >= 11 is 0. The lowest BCUT2D eigenvalue weighted by Gasteiger charge is -2.47. The first-order valence-corrected chi connectivity index (χ1v) is 25.4. The molecule has 0 spiro atoms. The summed E-state index contributed by atoms with van der Waals surface area (Å²) in [6, 6.07) is 6.84. The molecule has 1 aliphatic heterocycles. The van der Waals surface area contributed by atoms with Gasteiger partial charge in [0.25, 0.3) is 0 Å². The number of amides is 3. The molecule has 6 atom stereocenters. The van der Waals surface area contributed by atoms with Crippen LogP contribution in [-0.2, 0) is 30.3 Å². The van der Waals surface area contributed by atoms with E-state index < -0.39 is 61.0 Å². The number of aliphatic hydroxyl groups is 3. The number of aliphatic carboxylic acids is 1. The summed E-state index contributed by atoms with van der Waals surface area (Å²) in [4.78, 5) is 54.0. The number of unbranched alkanes of at least 4 members (excludes halogenated alkanes) is 24. The molecule has 0 aliphatic carbocycles. The van der Waals surface area contributed by atoms with Gasteiger partial charge in [-0.2, -0.15) is 0 Å². The van der Waals surface area contributed by atoms with Gasteiger partial charge in [-0.15, -0.1) is 0 Å². The number of nitrogens with one attached hydrogen (secondary N) is 2. The van der Waals surface area contributed by atoms with Gasteiger partial charge >= 0.3 is 5.97 Å². The van der Waals surface area contributed by atoms with E-state index in [9.17, 15) is 34.5 Å². The monoisotopic (exact) mass is 888 g/mol. The Hall–Kier alpha value is -3.06. The van der Waals surface area contributed by atoms with Gasteiger partial charge in [0.2, 0.25) is 17.7 Å². The number of hydrogen-bond donors (Lipinski definition) is 6. The molecule has 1 saturated heterocycles. The zero-order chi connectivity index (χ0) is 45.9. The minimum absolute atomic E-state index is 0.0287. The molecule has 0 saturated carbocycles. The van der Waals surface area contributed by atoms with Gasteiger partial charge in [0.15, 0.2) is 6.23 Å². The van der Waals surface area contributed by atoms with Crippen molar-refractivity contribution in [3.8, 4) is 0 Å². The molecule has 362 valence electrons. The average molecular weight is 888 g/mol. The lowest BCUT2D eigenvalue weighted by atomic mass is 9.94. The Labute approximate surface area is 381 Å². The van der Waals surface area contributed by atoms with Crippen molar-refractivity contribution in [2.24, 2.45) is 0 Å². The molecular weight excluding hydrogens is 799 g/mol. The minimum Gasteiger partial charge on any atom is -0.481 e. The Morgan fingerprint density at radius 2 is 1.08 bits per heavy atom. The molecule has 1 aromatic rings. The van der Waals surface area contributed by atoms with Crippen molar-refractivity contribution >= 4 is 23.7 Å².